The van der Waals surface area contributed by atoms with E-state index in [-0.39, 0.29) is 23.1 Å². The van der Waals surface area contributed by atoms with Crippen LogP contribution in [0.1, 0.15) is 20.8 Å². The van der Waals surface area contributed by atoms with Gasteiger partial charge in [0.25, 0.3) is 0 Å². The van der Waals surface area contributed by atoms with Gasteiger partial charge in [-0.3, -0.25) is 9.78 Å². The molecule has 2 aliphatic rings. The number of amides is 2. The van der Waals surface area contributed by atoms with Crippen molar-refractivity contribution >= 4 is 45.9 Å². The first-order valence-electron chi connectivity index (χ1n) is 8.84. The summed E-state index contributed by atoms with van der Waals surface area (Å²) in [5, 5.41) is 2.98. The van der Waals surface area contributed by atoms with E-state index in [0.29, 0.717) is 29.9 Å². The summed E-state index contributed by atoms with van der Waals surface area (Å²) in [6.07, 6.45) is 2.39. The Morgan fingerprint density at radius 3 is 2.79 bits per heavy atom. The summed E-state index contributed by atoms with van der Waals surface area (Å²) in [7, 11) is 0. The minimum absolute atomic E-state index is 0.0863. The van der Waals surface area contributed by atoms with Crippen molar-refractivity contribution < 1.29 is 18.7 Å². The van der Waals surface area contributed by atoms with E-state index in [0.717, 1.165) is 0 Å². The number of pyridine rings is 2. The maximum atomic E-state index is 14.4. The first kappa shape index (κ1) is 18.7. The Kier molecular flexibility index (Phi) is 4.29. The molecule has 0 spiro atoms. The first-order valence-corrected chi connectivity index (χ1v) is 9.21. The number of carbonyl (C=O) groups is 2. The van der Waals surface area contributed by atoms with E-state index in [9.17, 15) is 14.0 Å². The molecule has 1 saturated heterocycles. The Labute approximate surface area is 165 Å². The number of nitrogens with one attached hydrogen (secondary N) is 1. The topological polar surface area (TPSA) is 87.7 Å². The van der Waals surface area contributed by atoms with Gasteiger partial charge in [0.2, 0.25) is 5.91 Å². The molecule has 0 radical (unpaired) electrons. The van der Waals surface area contributed by atoms with Crippen LogP contribution in [-0.2, 0) is 9.53 Å². The number of hydrogen-bond donors (Lipinski definition) is 1. The summed E-state index contributed by atoms with van der Waals surface area (Å²) in [6.45, 7) is 6.27. The van der Waals surface area contributed by atoms with Gasteiger partial charge in [-0.25, -0.2) is 14.2 Å². The van der Waals surface area contributed by atoms with Crippen molar-refractivity contribution in [2.45, 2.75) is 32.4 Å². The normalized spacial score (nSPS) is 19.2. The number of anilines is 2. The third kappa shape index (κ3) is 3.09. The number of piperazine rings is 1. The highest BCUT2D eigenvalue weighted by atomic mass is 35.5. The van der Waals surface area contributed by atoms with Crippen LogP contribution in [0.5, 0.6) is 0 Å². The van der Waals surface area contributed by atoms with Gasteiger partial charge in [-0.05, 0) is 20.8 Å². The first-order chi connectivity index (χ1) is 13.2. The van der Waals surface area contributed by atoms with E-state index in [1.165, 1.54) is 17.3 Å². The van der Waals surface area contributed by atoms with Crippen molar-refractivity contribution in [3.05, 3.63) is 23.4 Å². The molecule has 1 N–H and O–H groups in total. The van der Waals surface area contributed by atoms with E-state index in [4.69, 9.17) is 16.3 Å². The maximum absolute atomic E-state index is 14.4. The van der Waals surface area contributed by atoms with Gasteiger partial charge in [0.15, 0.2) is 11.0 Å². The average Bonchev–Trinajstić information content (AvgIpc) is 2.62. The highest BCUT2D eigenvalue weighted by Gasteiger charge is 2.41. The summed E-state index contributed by atoms with van der Waals surface area (Å²) in [5.41, 5.74) is 0.563. The molecule has 0 aliphatic carbocycles. The van der Waals surface area contributed by atoms with Crippen LogP contribution in [0.15, 0.2) is 12.4 Å². The lowest BCUT2D eigenvalue weighted by Gasteiger charge is -2.45. The van der Waals surface area contributed by atoms with Gasteiger partial charge in [0.05, 0.1) is 24.1 Å². The molecule has 4 heterocycles. The van der Waals surface area contributed by atoms with E-state index in [2.05, 4.69) is 15.3 Å². The molecule has 2 amide bonds. The molecule has 2 aromatic heterocycles. The Bertz CT molecular complexity index is 993. The number of aromatic nitrogens is 2. The van der Waals surface area contributed by atoms with Crippen molar-refractivity contribution in [2.75, 3.05) is 29.9 Å². The van der Waals surface area contributed by atoms with Gasteiger partial charge in [0, 0.05) is 24.7 Å². The van der Waals surface area contributed by atoms with E-state index < -0.39 is 23.6 Å². The second-order valence-corrected chi connectivity index (χ2v) is 8.13. The molecular formula is C18H19ClFN5O3. The van der Waals surface area contributed by atoms with Gasteiger partial charge in [-0.2, -0.15) is 0 Å². The van der Waals surface area contributed by atoms with Crippen LogP contribution in [0, 0.1) is 5.82 Å². The quantitative estimate of drug-likeness (QED) is 0.676. The fourth-order valence-electron chi connectivity index (χ4n) is 3.47. The number of halogens is 2. The van der Waals surface area contributed by atoms with Crippen molar-refractivity contribution in [3.8, 4) is 0 Å². The van der Waals surface area contributed by atoms with Gasteiger partial charge in [0.1, 0.15) is 17.2 Å². The van der Waals surface area contributed by atoms with Gasteiger partial charge < -0.3 is 19.9 Å². The monoisotopic (exact) mass is 407 g/mol. The number of ether oxygens (including phenoxy) is 1. The van der Waals surface area contributed by atoms with Crippen LogP contribution >= 0.6 is 11.6 Å². The Morgan fingerprint density at radius 2 is 2.07 bits per heavy atom. The number of hydrogen-bond acceptors (Lipinski definition) is 6. The van der Waals surface area contributed by atoms with Gasteiger partial charge >= 0.3 is 6.09 Å². The number of nitrogens with zero attached hydrogens (tertiary/aromatic N) is 4. The predicted molar refractivity (Wildman–Crippen MR) is 102 cm³/mol. The maximum Gasteiger partial charge on any atom is 0.410 e. The third-order valence-corrected chi connectivity index (χ3v) is 4.93. The highest BCUT2D eigenvalue weighted by molar-refractivity contribution is 6.30. The highest BCUT2D eigenvalue weighted by Crippen LogP contribution is 2.40. The molecule has 0 saturated carbocycles. The largest absolute Gasteiger partial charge is 0.444 e. The van der Waals surface area contributed by atoms with Crippen molar-refractivity contribution in [3.63, 3.8) is 0 Å². The molecule has 0 bridgehead atoms. The van der Waals surface area contributed by atoms with Crippen LogP contribution in [0.4, 0.5) is 20.6 Å². The van der Waals surface area contributed by atoms with Crippen molar-refractivity contribution in [1.82, 2.24) is 14.9 Å². The molecular weight excluding hydrogens is 389 g/mol. The molecule has 1 fully saturated rings. The summed E-state index contributed by atoms with van der Waals surface area (Å²) in [5.74, 6) is -0.966. The second kappa shape index (κ2) is 6.44. The van der Waals surface area contributed by atoms with E-state index in [1.807, 2.05) is 4.90 Å². The molecule has 2 aliphatic heterocycles. The third-order valence-electron chi connectivity index (χ3n) is 4.66. The van der Waals surface area contributed by atoms with E-state index >= 15 is 0 Å². The molecule has 10 heteroatoms. The van der Waals surface area contributed by atoms with Crippen LogP contribution in [0.25, 0.3) is 10.9 Å². The number of fused-ring (bicyclic) bond motifs is 5. The van der Waals surface area contributed by atoms with E-state index in [1.54, 1.807) is 20.8 Å². The number of rotatable bonds is 0. The summed E-state index contributed by atoms with van der Waals surface area (Å²) >= 11 is 5.77. The molecule has 0 aromatic carbocycles. The summed E-state index contributed by atoms with van der Waals surface area (Å²) in [4.78, 5) is 36.4. The fourth-order valence-corrected chi connectivity index (χ4v) is 3.61. The second-order valence-electron chi connectivity index (χ2n) is 7.77. The Hall–Kier alpha value is -2.68. The van der Waals surface area contributed by atoms with Crippen LogP contribution in [-0.4, -0.2) is 58.1 Å². The molecule has 4 rings (SSSR count). The van der Waals surface area contributed by atoms with Crippen molar-refractivity contribution in [1.29, 1.82) is 0 Å². The summed E-state index contributed by atoms with van der Waals surface area (Å²) in [6, 6.07) is -0.627. The van der Waals surface area contributed by atoms with Gasteiger partial charge in [-0.15, -0.1) is 0 Å². The zero-order valence-corrected chi connectivity index (χ0v) is 16.4. The molecule has 0 unspecified atom stereocenters. The average molecular weight is 408 g/mol. The van der Waals surface area contributed by atoms with Crippen LogP contribution in [0.3, 0.4) is 0 Å². The molecule has 28 heavy (non-hydrogen) atoms. The zero-order chi connectivity index (χ0) is 20.2. The Balaban J connectivity index is 1.70. The lowest BCUT2D eigenvalue weighted by atomic mass is 10.0. The van der Waals surface area contributed by atoms with Crippen molar-refractivity contribution in [2.24, 2.45) is 0 Å². The zero-order valence-electron chi connectivity index (χ0n) is 15.6. The van der Waals surface area contributed by atoms with Crippen LogP contribution < -0.4 is 10.2 Å². The minimum Gasteiger partial charge on any atom is -0.444 e. The van der Waals surface area contributed by atoms with Crippen LogP contribution in [0.2, 0.25) is 5.15 Å². The number of carbonyl (C=O) groups excluding carboxylic acids is 2. The smallest absolute Gasteiger partial charge is 0.410 e. The molecule has 1 atom stereocenters. The molecule has 8 nitrogen and oxygen atoms in total. The SMILES string of the molecule is CC(C)(C)OC(=O)N1CCN2c3c(cnc4c(F)c(Cl)ncc34)NC(=O)[C@@H]2C1. The minimum atomic E-state index is -0.706. The van der Waals surface area contributed by atoms with Gasteiger partial charge in [-0.1, -0.05) is 11.6 Å². The fraction of sp³-hybridized carbons (Fsp3) is 0.444. The Morgan fingerprint density at radius 1 is 1.32 bits per heavy atom. The predicted octanol–water partition coefficient (Wildman–Crippen LogP) is 2.80. The molecule has 2 aromatic rings. The molecule has 148 valence electrons. The lowest BCUT2D eigenvalue weighted by molar-refractivity contribution is -0.118. The summed E-state index contributed by atoms with van der Waals surface area (Å²) < 4.78 is 19.8. The standard InChI is InChI=1S/C18H19ClFN5O3/c1-18(2,3)28-17(27)24-4-5-25-11(8-24)16(26)23-10-7-21-13-9(14(10)25)6-22-15(19)12(13)20/h6-7,11H,4-5,8H2,1-3H3,(H,23,26)/t11-/m0/s1. The lowest BCUT2D eigenvalue weighted by Crippen LogP contribution is -2.61.